The summed E-state index contributed by atoms with van der Waals surface area (Å²) in [7, 11) is 0. The van der Waals surface area contributed by atoms with Crippen LogP contribution < -0.4 is 0 Å². The second kappa shape index (κ2) is 3.05. The van der Waals surface area contributed by atoms with Gasteiger partial charge in [-0.25, -0.2) is 0 Å². The van der Waals surface area contributed by atoms with Crippen molar-refractivity contribution >= 4 is 0 Å². The van der Waals surface area contributed by atoms with Gasteiger partial charge in [0.05, 0.1) is 0 Å². The highest BCUT2D eigenvalue weighted by atomic mass is 14.2. The number of hydrogen-bond acceptors (Lipinski definition) is 0. The van der Waals surface area contributed by atoms with Gasteiger partial charge in [0.2, 0.25) is 0 Å². The van der Waals surface area contributed by atoms with Crippen LogP contribution in [0.2, 0.25) is 0 Å². The minimum absolute atomic E-state index is 0.628. The van der Waals surface area contributed by atoms with E-state index in [0.29, 0.717) is 5.92 Å². The molecule has 0 saturated heterocycles. The molecule has 1 aliphatic rings. The molecule has 0 amide bonds. The normalized spacial score (nSPS) is 26.4. The molecule has 0 nitrogen and oxygen atoms in total. The molecule has 1 aliphatic carbocycles. The van der Waals surface area contributed by atoms with E-state index in [1.54, 1.807) is 5.57 Å². The summed E-state index contributed by atoms with van der Waals surface area (Å²) in [5.74, 6) is 0.628. The van der Waals surface area contributed by atoms with Crippen molar-refractivity contribution in [3.63, 3.8) is 0 Å². The summed E-state index contributed by atoms with van der Waals surface area (Å²) in [6.07, 6.45) is 6.05. The van der Waals surface area contributed by atoms with Crippen molar-refractivity contribution < 1.29 is 0 Å². The Kier molecular flexibility index (Phi) is 2.31. The first-order chi connectivity index (χ1) is 4.74. The van der Waals surface area contributed by atoms with Gasteiger partial charge in [-0.05, 0) is 25.2 Å². The van der Waals surface area contributed by atoms with E-state index in [4.69, 9.17) is 0 Å². The van der Waals surface area contributed by atoms with Crippen LogP contribution in [0.1, 0.15) is 33.1 Å². The lowest BCUT2D eigenvalue weighted by Crippen LogP contribution is -2.02. The topological polar surface area (TPSA) is 0 Å². The largest absolute Gasteiger partial charge is 0.0993 e. The minimum atomic E-state index is 0.628. The summed E-state index contributed by atoms with van der Waals surface area (Å²) in [5, 5.41) is 0. The summed E-state index contributed by atoms with van der Waals surface area (Å²) in [6.45, 7) is 8.48. The van der Waals surface area contributed by atoms with Crippen molar-refractivity contribution in [1.29, 1.82) is 0 Å². The molecule has 1 atom stereocenters. The van der Waals surface area contributed by atoms with Gasteiger partial charge in [0.15, 0.2) is 0 Å². The lowest BCUT2D eigenvalue weighted by molar-refractivity contribution is 0.705. The van der Waals surface area contributed by atoms with Crippen molar-refractivity contribution in [3.8, 4) is 0 Å². The molecule has 0 spiro atoms. The zero-order chi connectivity index (χ0) is 7.56. The van der Waals surface area contributed by atoms with Gasteiger partial charge in [-0.1, -0.05) is 37.6 Å². The molecule has 1 rings (SSSR count). The Balaban J connectivity index is 2.65. The average molecular weight is 136 g/mol. The zero-order valence-corrected chi connectivity index (χ0v) is 6.98. The van der Waals surface area contributed by atoms with Gasteiger partial charge in [-0.3, -0.25) is 0 Å². The van der Waals surface area contributed by atoms with Crippen LogP contribution in [-0.4, -0.2) is 0 Å². The Labute approximate surface area is 63.6 Å². The Morgan fingerprint density at radius 1 is 1.60 bits per heavy atom. The SMILES string of the molecule is C=C1CCC(CC)=CC1C. The van der Waals surface area contributed by atoms with Crippen LogP contribution in [0.4, 0.5) is 0 Å². The number of rotatable bonds is 1. The number of hydrogen-bond donors (Lipinski definition) is 0. The predicted octanol–water partition coefficient (Wildman–Crippen LogP) is 3.31. The van der Waals surface area contributed by atoms with Crippen LogP contribution in [0, 0.1) is 5.92 Å². The molecule has 0 heterocycles. The molecule has 0 radical (unpaired) electrons. The van der Waals surface area contributed by atoms with E-state index in [1.807, 2.05) is 0 Å². The van der Waals surface area contributed by atoms with Gasteiger partial charge in [0.1, 0.15) is 0 Å². The monoisotopic (exact) mass is 136 g/mol. The third kappa shape index (κ3) is 1.50. The van der Waals surface area contributed by atoms with Crippen molar-refractivity contribution in [1.82, 2.24) is 0 Å². The van der Waals surface area contributed by atoms with Crippen molar-refractivity contribution in [3.05, 3.63) is 23.8 Å². The fraction of sp³-hybridized carbons (Fsp3) is 0.600. The molecule has 0 saturated carbocycles. The van der Waals surface area contributed by atoms with Gasteiger partial charge in [0.25, 0.3) is 0 Å². The lowest BCUT2D eigenvalue weighted by Gasteiger charge is -2.19. The second-order valence-electron chi connectivity index (χ2n) is 3.13. The van der Waals surface area contributed by atoms with Gasteiger partial charge >= 0.3 is 0 Å². The number of allylic oxidation sites excluding steroid dienone is 3. The highest BCUT2D eigenvalue weighted by Crippen LogP contribution is 2.27. The Bertz CT molecular complexity index is 163. The molecule has 0 aromatic rings. The molecule has 0 bridgehead atoms. The summed E-state index contributed by atoms with van der Waals surface area (Å²) in [6, 6.07) is 0. The maximum absolute atomic E-state index is 4.02. The standard InChI is InChI=1S/C10H16/c1-4-10-6-5-8(2)9(3)7-10/h7,9H,2,4-6H2,1,3H3. The average Bonchev–Trinajstić information content (AvgIpc) is 1.95. The Hall–Kier alpha value is -0.520. The van der Waals surface area contributed by atoms with E-state index in [2.05, 4.69) is 26.5 Å². The summed E-state index contributed by atoms with van der Waals surface area (Å²) in [5.41, 5.74) is 3.01. The third-order valence-corrected chi connectivity index (χ3v) is 2.35. The molecule has 0 fully saturated rings. The van der Waals surface area contributed by atoms with Crippen LogP contribution >= 0.6 is 0 Å². The van der Waals surface area contributed by atoms with E-state index in [9.17, 15) is 0 Å². The first-order valence-corrected chi connectivity index (χ1v) is 4.11. The molecule has 0 heteroatoms. The predicted molar refractivity (Wildman–Crippen MR) is 45.9 cm³/mol. The Morgan fingerprint density at radius 2 is 2.30 bits per heavy atom. The van der Waals surface area contributed by atoms with Gasteiger partial charge in [-0.2, -0.15) is 0 Å². The van der Waals surface area contributed by atoms with Gasteiger partial charge < -0.3 is 0 Å². The van der Waals surface area contributed by atoms with E-state index in [-0.39, 0.29) is 0 Å². The van der Waals surface area contributed by atoms with Crippen LogP contribution in [0.25, 0.3) is 0 Å². The summed E-state index contributed by atoms with van der Waals surface area (Å²) < 4.78 is 0. The van der Waals surface area contributed by atoms with Crippen molar-refractivity contribution in [2.45, 2.75) is 33.1 Å². The molecular weight excluding hydrogens is 120 g/mol. The maximum atomic E-state index is 4.02. The van der Waals surface area contributed by atoms with E-state index < -0.39 is 0 Å². The summed E-state index contributed by atoms with van der Waals surface area (Å²) in [4.78, 5) is 0. The summed E-state index contributed by atoms with van der Waals surface area (Å²) >= 11 is 0. The van der Waals surface area contributed by atoms with Gasteiger partial charge in [0, 0.05) is 0 Å². The van der Waals surface area contributed by atoms with Crippen LogP contribution in [-0.2, 0) is 0 Å². The quantitative estimate of drug-likeness (QED) is 0.485. The van der Waals surface area contributed by atoms with E-state index in [0.717, 1.165) is 0 Å². The molecule has 1 unspecified atom stereocenters. The lowest BCUT2D eigenvalue weighted by atomic mass is 9.87. The molecule has 0 aromatic heterocycles. The molecule has 0 aromatic carbocycles. The van der Waals surface area contributed by atoms with Crippen LogP contribution in [0.3, 0.4) is 0 Å². The molecule has 10 heavy (non-hydrogen) atoms. The third-order valence-electron chi connectivity index (χ3n) is 2.35. The molecule has 0 aliphatic heterocycles. The van der Waals surface area contributed by atoms with Crippen LogP contribution in [0.5, 0.6) is 0 Å². The second-order valence-corrected chi connectivity index (χ2v) is 3.13. The highest BCUT2D eigenvalue weighted by molar-refractivity contribution is 5.19. The fourth-order valence-electron chi connectivity index (χ4n) is 1.40. The van der Waals surface area contributed by atoms with Crippen molar-refractivity contribution in [2.24, 2.45) is 5.92 Å². The Morgan fingerprint density at radius 3 is 2.80 bits per heavy atom. The molecule has 0 N–H and O–H groups in total. The van der Waals surface area contributed by atoms with E-state index >= 15 is 0 Å². The molecule has 56 valence electrons. The fourth-order valence-corrected chi connectivity index (χ4v) is 1.40. The highest BCUT2D eigenvalue weighted by Gasteiger charge is 2.10. The minimum Gasteiger partial charge on any atom is -0.0993 e. The van der Waals surface area contributed by atoms with E-state index in [1.165, 1.54) is 24.8 Å². The zero-order valence-electron chi connectivity index (χ0n) is 6.98. The first kappa shape index (κ1) is 7.59. The maximum Gasteiger partial charge on any atom is -0.00516 e. The smallest absolute Gasteiger partial charge is 0.00516 e. The van der Waals surface area contributed by atoms with Crippen LogP contribution in [0.15, 0.2) is 23.8 Å². The first-order valence-electron chi connectivity index (χ1n) is 4.11. The van der Waals surface area contributed by atoms with Crippen molar-refractivity contribution in [2.75, 3.05) is 0 Å². The molecular formula is C10H16. The van der Waals surface area contributed by atoms with Gasteiger partial charge in [-0.15, -0.1) is 0 Å².